The lowest BCUT2D eigenvalue weighted by atomic mass is 9.90. The number of anilines is 1. The van der Waals surface area contributed by atoms with Crippen LogP contribution in [-0.2, 0) is 16.0 Å². The average molecular weight is 396 g/mol. The van der Waals surface area contributed by atoms with Crippen molar-refractivity contribution in [3.63, 3.8) is 0 Å². The molecule has 1 N–H and O–H groups in total. The van der Waals surface area contributed by atoms with Crippen molar-refractivity contribution < 1.29 is 14.4 Å². The maximum atomic E-state index is 12.7. The third-order valence-corrected chi connectivity index (χ3v) is 6.46. The van der Waals surface area contributed by atoms with Crippen LogP contribution in [0.1, 0.15) is 48.0 Å². The van der Waals surface area contributed by atoms with Gasteiger partial charge in [-0.1, -0.05) is 12.2 Å². The van der Waals surface area contributed by atoms with Crippen LogP contribution in [-0.4, -0.2) is 55.2 Å². The van der Waals surface area contributed by atoms with E-state index in [0.29, 0.717) is 24.3 Å². The summed E-state index contributed by atoms with van der Waals surface area (Å²) >= 11 is 0. The van der Waals surface area contributed by atoms with Crippen LogP contribution in [0.4, 0.5) is 5.69 Å². The molecular formula is C23H29N3O3. The summed E-state index contributed by atoms with van der Waals surface area (Å²) in [4.78, 5) is 41.3. The van der Waals surface area contributed by atoms with E-state index in [0.717, 1.165) is 56.4 Å². The van der Waals surface area contributed by atoms with E-state index in [1.54, 1.807) is 13.1 Å². The maximum absolute atomic E-state index is 12.7. The monoisotopic (exact) mass is 395 g/mol. The number of benzene rings is 1. The zero-order valence-electron chi connectivity index (χ0n) is 17.0. The van der Waals surface area contributed by atoms with Crippen molar-refractivity contribution in [1.29, 1.82) is 0 Å². The molecule has 1 atom stereocenters. The third-order valence-electron chi connectivity index (χ3n) is 6.46. The molecule has 154 valence electrons. The number of likely N-dealkylation sites (tertiary alicyclic amines) is 1. The van der Waals surface area contributed by atoms with Crippen molar-refractivity contribution in [2.45, 2.75) is 44.6 Å². The van der Waals surface area contributed by atoms with E-state index < -0.39 is 0 Å². The Balaban J connectivity index is 1.37. The van der Waals surface area contributed by atoms with Crippen LogP contribution in [0.25, 0.3) is 0 Å². The fraction of sp³-hybridized carbons (Fsp3) is 0.522. The van der Waals surface area contributed by atoms with Crippen molar-refractivity contribution in [3.8, 4) is 0 Å². The Morgan fingerprint density at radius 2 is 1.93 bits per heavy atom. The summed E-state index contributed by atoms with van der Waals surface area (Å²) in [7, 11) is 1.61. The molecule has 0 saturated carbocycles. The number of allylic oxidation sites excluding steroid dienone is 2. The largest absolute Gasteiger partial charge is 0.355 e. The minimum atomic E-state index is -0.134. The molecule has 6 heteroatoms. The number of nitrogens with zero attached hydrogens (tertiary/aromatic N) is 2. The van der Waals surface area contributed by atoms with Gasteiger partial charge in [0.05, 0.1) is 13.0 Å². The molecule has 0 radical (unpaired) electrons. The van der Waals surface area contributed by atoms with Gasteiger partial charge in [0.15, 0.2) is 0 Å². The first kappa shape index (κ1) is 19.8. The number of rotatable bonds is 5. The van der Waals surface area contributed by atoms with Crippen molar-refractivity contribution >= 4 is 23.3 Å². The number of amides is 2. The first-order valence-corrected chi connectivity index (χ1v) is 10.6. The van der Waals surface area contributed by atoms with Crippen LogP contribution < -0.4 is 10.2 Å². The lowest BCUT2D eigenvalue weighted by Crippen LogP contribution is -2.47. The minimum Gasteiger partial charge on any atom is -0.355 e. The number of carbonyl (C=O) groups is 3. The van der Waals surface area contributed by atoms with Gasteiger partial charge >= 0.3 is 0 Å². The van der Waals surface area contributed by atoms with Gasteiger partial charge < -0.3 is 10.2 Å². The van der Waals surface area contributed by atoms with Gasteiger partial charge in [-0.05, 0) is 55.9 Å². The number of carbonyl (C=O) groups excluding carboxylic acids is 3. The van der Waals surface area contributed by atoms with E-state index in [9.17, 15) is 14.4 Å². The standard InChI is InChI=1S/C23H29N3O3/c1-24-23(29)17-7-8-20-18(13-17)14-22(28)26(20)19-9-11-25(12-10-19)15-21(27)16-5-3-2-4-6-16/h2-3,7-8,13,16,19H,4-6,9-12,14-15H2,1H3,(H,24,29). The van der Waals surface area contributed by atoms with Gasteiger partial charge in [0.2, 0.25) is 5.91 Å². The Hall–Kier alpha value is -2.47. The van der Waals surface area contributed by atoms with E-state index in [4.69, 9.17) is 0 Å². The number of Topliss-reactive ketones (excluding diaryl/α,β-unsaturated/α-hetero) is 1. The Morgan fingerprint density at radius 3 is 2.62 bits per heavy atom. The summed E-state index contributed by atoms with van der Waals surface area (Å²) in [5.74, 6) is 0.513. The fourth-order valence-electron chi connectivity index (χ4n) is 4.80. The number of ketones is 1. The van der Waals surface area contributed by atoms with Gasteiger partial charge in [0, 0.05) is 43.3 Å². The summed E-state index contributed by atoms with van der Waals surface area (Å²) < 4.78 is 0. The number of hydrogen-bond donors (Lipinski definition) is 1. The van der Waals surface area contributed by atoms with Gasteiger partial charge in [0.1, 0.15) is 5.78 Å². The number of nitrogens with one attached hydrogen (secondary N) is 1. The molecule has 0 bridgehead atoms. The molecule has 2 amide bonds. The zero-order valence-corrected chi connectivity index (χ0v) is 17.0. The predicted molar refractivity (Wildman–Crippen MR) is 112 cm³/mol. The summed E-state index contributed by atoms with van der Waals surface area (Å²) in [6, 6.07) is 5.68. The lowest BCUT2D eigenvalue weighted by molar-refractivity contribution is -0.124. The molecule has 1 aromatic rings. The van der Waals surface area contributed by atoms with Gasteiger partial charge in [0.25, 0.3) is 5.91 Å². The minimum absolute atomic E-state index is 0.109. The summed E-state index contributed by atoms with van der Waals surface area (Å²) in [5.41, 5.74) is 2.46. The second kappa shape index (κ2) is 8.49. The Morgan fingerprint density at radius 1 is 1.14 bits per heavy atom. The second-order valence-electron chi connectivity index (χ2n) is 8.32. The van der Waals surface area contributed by atoms with Crippen LogP contribution in [0.15, 0.2) is 30.4 Å². The summed E-state index contributed by atoms with van der Waals surface area (Å²) in [6.07, 6.45) is 9.27. The predicted octanol–water partition coefficient (Wildman–Crippen LogP) is 2.33. The molecule has 1 aliphatic carbocycles. The molecular weight excluding hydrogens is 366 g/mol. The fourth-order valence-corrected chi connectivity index (χ4v) is 4.80. The molecule has 6 nitrogen and oxygen atoms in total. The van der Waals surface area contributed by atoms with E-state index >= 15 is 0 Å². The van der Waals surface area contributed by atoms with Crippen molar-refractivity contribution in [2.24, 2.45) is 5.92 Å². The molecule has 1 unspecified atom stereocenters. The van der Waals surface area contributed by atoms with Crippen LogP contribution in [0.2, 0.25) is 0 Å². The molecule has 0 aromatic heterocycles. The molecule has 4 rings (SSSR count). The van der Waals surface area contributed by atoms with Crippen LogP contribution in [0.5, 0.6) is 0 Å². The number of hydrogen-bond acceptors (Lipinski definition) is 4. The third kappa shape index (κ3) is 4.13. The molecule has 3 aliphatic rings. The van der Waals surface area contributed by atoms with E-state index in [1.165, 1.54) is 0 Å². The SMILES string of the molecule is CNC(=O)c1ccc2c(c1)CC(=O)N2C1CCN(CC(=O)C2CC=CCC2)CC1. The van der Waals surface area contributed by atoms with Gasteiger partial charge in [-0.3, -0.25) is 19.3 Å². The smallest absolute Gasteiger partial charge is 0.251 e. The van der Waals surface area contributed by atoms with Crippen LogP contribution in [0.3, 0.4) is 0 Å². The van der Waals surface area contributed by atoms with Gasteiger partial charge in [-0.15, -0.1) is 0 Å². The highest BCUT2D eigenvalue weighted by atomic mass is 16.2. The quantitative estimate of drug-likeness (QED) is 0.777. The highest BCUT2D eigenvalue weighted by Gasteiger charge is 2.35. The Labute approximate surface area is 171 Å². The van der Waals surface area contributed by atoms with E-state index in [-0.39, 0.29) is 23.8 Å². The zero-order chi connectivity index (χ0) is 20.4. The molecule has 29 heavy (non-hydrogen) atoms. The van der Waals surface area contributed by atoms with Crippen molar-refractivity contribution in [1.82, 2.24) is 10.2 Å². The molecule has 1 fully saturated rings. The van der Waals surface area contributed by atoms with Gasteiger partial charge in [-0.25, -0.2) is 0 Å². The lowest BCUT2D eigenvalue weighted by Gasteiger charge is -2.37. The molecule has 1 aromatic carbocycles. The maximum Gasteiger partial charge on any atom is 0.251 e. The average Bonchev–Trinajstić information content (AvgIpc) is 3.09. The van der Waals surface area contributed by atoms with Gasteiger partial charge in [-0.2, -0.15) is 0 Å². The highest BCUT2D eigenvalue weighted by molar-refractivity contribution is 6.03. The van der Waals surface area contributed by atoms with E-state index in [1.807, 2.05) is 17.0 Å². The Kier molecular flexibility index (Phi) is 5.81. The van der Waals surface area contributed by atoms with E-state index in [2.05, 4.69) is 22.4 Å². The first-order chi connectivity index (χ1) is 14.1. The molecule has 1 saturated heterocycles. The topological polar surface area (TPSA) is 69.7 Å². The normalized spacial score (nSPS) is 22.6. The number of fused-ring (bicyclic) bond motifs is 1. The molecule has 2 heterocycles. The Bertz CT molecular complexity index is 840. The highest BCUT2D eigenvalue weighted by Crippen LogP contribution is 2.34. The van der Waals surface area contributed by atoms with Crippen molar-refractivity contribution in [3.05, 3.63) is 41.5 Å². The van der Waals surface area contributed by atoms with Crippen LogP contribution in [0, 0.1) is 5.92 Å². The van der Waals surface area contributed by atoms with Crippen molar-refractivity contribution in [2.75, 3.05) is 31.6 Å². The summed E-state index contributed by atoms with van der Waals surface area (Å²) in [5, 5.41) is 2.63. The summed E-state index contributed by atoms with van der Waals surface area (Å²) in [6.45, 7) is 2.22. The first-order valence-electron chi connectivity index (χ1n) is 10.6. The second-order valence-corrected chi connectivity index (χ2v) is 8.32. The van der Waals surface area contributed by atoms with Crippen LogP contribution >= 0.6 is 0 Å². The number of piperidine rings is 1. The molecule has 0 spiro atoms. The molecule has 2 aliphatic heterocycles.